The Hall–Kier alpha value is -4.55. The summed E-state index contributed by atoms with van der Waals surface area (Å²) in [7, 11) is -1.51. The lowest BCUT2D eigenvalue weighted by atomic mass is 10.0. The fourth-order valence-corrected chi connectivity index (χ4v) is 7.22. The molecule has 4 aromatic carbocycles. The van der Waals surface area contributed by atoms with Gasteiger partial charge in [-0.1, -0.05) is 58.4 Å². The number of rotatable bonds is 15. The van der Waals surface area contributed by atoms with Crippen LogP contribution in [0.15, 0.2) is 106 Å². The molecule has 0 spiro atoms. The molecule has 0 aliphatic heterocycles. The Bertz CT molecular complexity index is 1860. The second kappa shape index (κ2) is 16.9. The Morgan fingerprint density at radius 3 is 2.10 bits per heavy atom. The Morgan fingerprint density at radius 2 is 1.50 bits per heavy atom. The van der Waals surface area contributed by atoms with E-state index in [9.17, 15) is 18.0 Å². The molecule has 0 aliphatic rings. The van der Waals surface area contributed by atoms with Crippen LogP contribution in [0.4, 0.5) is 5.69 Å². The van der Waals surface area contributed by atoms with Crippen LogP contribution in [-0.4, -0.2) is 64.1 Å². The van der Waals surface area contributed by atoms with E-state index in [1.54, 1.807) is 24.3 Å². The number of ether oxygens (including phenoxy) is 3. The third kappa shape index (κ3) is 10.0. The molecule has 4 rings (SSSR count). The highest BCUT2D eigenvalue weighted by atomic mass is 79.9. The molecule has 0 saturated carbocycles. The van der Waals surface area contributed by atoms with Crippen molar-refractivity contribution in [2.45, 2.75) is 57.1 Å². The van der Waals surface area contributed by atoms with Crippen LogP contribution >= 0.6 is 15.9 Å². The maximum atomic E-state index is 14.7. The second-order valence-corrected chi connectivity index (χ2v) is 15.3. The number of nitrogens with zero attached hydrogens (tertiary/aromatic N) is 2. The number of nitrogens with one attached hydrogen (secondary N) is 1. The number of hydrogen-bond donors (Lipinski definition) is 1. The van der Waals surface area contributed by atoms with Gasteiger partial charge < -0.3 is 24.4 Å². The molecule has 0 radical (unpaired) electrons. The number of benzene rings is 4. The summed E-state index contributed by atoms with van der Waals surface area (Å²) in [6.45, 7) is 7.32. The lowest BCUT2D eigenvalue weighted by Gasteiger charge is -2.35. The van der Waals surface area contributed by atoms with Gasteiger partial charge in [-0.15, -0.1) is 0 Å². The van der Waals surface area contributed by atoms with Crippen molar-refractivity contribution in [3.8, 4) is 17.2 Å². The van der Waals surface area contributed by atoms with E-state index in [0.717, 1.165) is 19.9 Å². The van der Waals surface area contributed by atoms with Crippen LogP contribution in [0.2, 0.25) is 0 Å². The highest BCUT2D eigenvalue weighted by Gasteiger charge is 2.36. The van der Waals surface area contributed by atoms with Crippen LogP contribution in [0.5, 0.6) is 17.2 Å². The second-order valence-electron chi connectivity index (χ2n) is 12.6. The van der Waals surface area contributed by atoms with Crippen LogP contribution in [0, 0.1) is 0 Å². The molecule has 1 N–H and O–H groups in total. The first-order valence-electron chi connectivity index (χ1n) is 16.1. The van der Waals surface area contributed by atoms with Crippen LogP contribution in [-0.2, 0) is 32.6 Å². The third-order valence-corrected chi connectivity index (χ3v) is 9.93. The molecule has 0 heterocycles. The summed E-state index contributed by atoms with van der Waals surface area (Å²) in [5.41, 5.74) is 1.24. The van der Waals surface area contributed by atoms with Crippen LogP contribution in [0.3, 0.4) is 0 Å². The topological polar surface area (TPSA) is 114 Å². The minimum atomic E-state index is -4.38. The number of anilines is 1. The fraction of sp³-hybridized carbons (Fsp3) is 0.316. The zero-order valence-corrected chi connectivity index (χ0v) is 31.6. The molecule has 1 atom stereocenters. The van der Waals surface area contributed by atoms with Crippen molar-refractivity contribution >= 4 is 43.5 Å². The van der Waals surface area contributed by atoms with E-state index >= 15 is 0 Å². The largest absolute Gasteiger partial charge is 0.494 e. The molecular formula is C38H44BrN3O7S. The minimum absolute atomic E-state index is 0.0425. The van der Waals surface area contributed by atoms with E-state index in [4.69, 9.17) is 14.2 Å². The normalized spacial score (nSPS) is 12.1. The summed E-state index contributed by atoms with van der Waals surface area (Å²) in [5.74, 6) is 0.172. The molecule has 0 fully saturated rings. The molecule has 12 heteroatoms. The van der Waals surface area contributed by atoms with Gasteiger partial charge >= 0.3 is 0 Å². The van der Waals surface area contributed by atoms with Crippen molar-refractivity contribution in [3.05, 3.63) is 113 Å². The molecule has 2 amide bonds. The lowest BCUT2D eigenvalue weighted by molar-refractivity contribution is -0.140. The molecule has 266 valence electrons. The third-order valence-electron chi connectivity index (χ3n) is 7.67. The van der Waals surface area contributed by atoms with E-state index in [-0.39, 0.29) is 35.2 Å². The van der Waals surface area contributed by atoms with Crippen molar-refractivity contribution in [1.82, 2.24) is 10.2 Å². The van der Waals surface area contributed by atoms with Gasteiger partial charge in [-0.25, -0.2) is 8.42 Å². The standard InChI is InChI=1S/C38H44BrN3O7S/c1-7-49-31-18-16-30(17-19-31)42(50(45,46)32-20-21-34(47-5)35(24-32)48-6)26-36(43)41(25-28-14-11-15-29(39)22-28)33(37(44)40-38(2,3)4)23-27-12-9-8-10-13-27/h8-22,24,33H,7,23,25-26H2,1-6H3,(H,40,44)/t33-/m1/s1. The minimum Gasteiger partial charge on any atom is -0.494 e. The van der Waals surface area contributed by atoms with Gasteiger partial charge in [-0.3, -0.25) is 13.9 Å². The highest BCUT2D eigenvalue weighted by molar-refractivity contribution is 9.10. The first-order valence-corrected chi connectivity index (χ1v) is 18.4. The Morgan fingerprint density at radius 1 is 0.840 bits per heavy atom. The maximum absolute atomic E-state index is 14.7. The monoisotopic (exact) mass is 765 g/mol. The van der Waals surface area contributed by atoms with Crippen molar-refractivity contribution in [2.75, 3.05) is 31.7 Å². The number of amides is 2. The predicted octanol–water partition coefficient (Wildman–Crippen LogP) is 6.62. The van der Waals surface area contributed by atoms with E-state index in [2.05, 4.69) is 21.2 Å². The van der Waals surface area contributed by atoms with Gasteiger partial charge in [0, 0.05) is 29.0 Å². The van der Waals surface area contributed by atoms with Crippen LogP contribution < -0.4 is 23.8 Å². The Balaban J connectivity index is 1.85. The highest BCUT2D eigenvalue weighted by Crippen LogP contribution is 2.33. The summed E-state index contributed by atoms with van der Waals surface area (Å²) >= 11 is 3.51. The first-order chi connectivity index (χ1) is 23.7. The Labute approximate surface area is 303 Å². The Kier molecular flexibility index (Phi) is 12.9. The SMILES string of the molecule is CCOc1ccc(N(CC(=O)N(Cc2cccc(Br)c2)[C@H](Cc2ccccc2)C(=O)NC(C)(C)C)S(=O)(=O)c2ccc(OC)c(OC)c2)cc1. The van der Waals surface area contributed by atoms with Gasteiger partial charge in [0.15, 0.2) is 11.5 Å². The number of hydrogen-bond acceptors (Lipinski definition) is 7. The summed E-state index contributed by atoms with van der Waals surface area (Å²) in [4.78, 5) is 30.2. The van der Waals surface area contributed by atoms with Gasteiger partial charge in [0.25, 0.3) is 10.0 Å². The number of carbonyl (C=O) groups excluding carboxylic acids is 2. The average Bonchev–Trinajstić information content (AvgIpc) is 3.08. The summed E-state index contributed by atoms with van der Waals surface area (Å²) in [6.07, 6.45) is 0.202. The number of carbonyl (C=O) groups is 2. The van der Waals surface area contributed by atoms with E-state index in [1.165, 1.54) is 37.3 Å². The average molecular weight is 767 g/mol. The van der Waals surface area contributed by atoms with E-state index in [1.807, 2.05) is 82.3 Å². The van der Waals surface area contributed by atoms with Crippen molar-refractivity contribution in [2.24, 2.45) is 0 Å². The molecule has 50 heavy (non-hydrogen) atoms. The summed E-state index contributed by atoms with van der Waals surface area (Å²) in [6, 6.07) is 26.6. The zero-order chi connectivity index (χ0) is 36.5. The molecule has 4 aromatic rings. The molecule has 0 aliphatic carbocycles. The number of sulfonamides is 1. The van der Waals surface area contributed by atoms with E-state index in [0.29, 0.717) is 18.1 Å². The van der Waals surface area contributed by atoms with Crippen LogP contribution in [0.1, 0.15) is 38.8 Å². The van der Waals surface area contributed by atoms with E-state index < -0.39 is 34.1 Å². The van der Waals surface area contributed by atoms with Gasteiger partial charge in [-0.2, -0.15) is 0 Å². The molecule has 0 aromatic heterocycles. The van der Waals surface area contributed by atoms with Crippen molar-refractivity contribution in [1.29, 1.82) is 0 Å². The zero-order valence-electron chi connectivity index (χ0n) is 29.2. The molecule has 0 saturated heterocycles. The number of halogens is 1. The predicted molar refractivity (Wildman–Crippen MR) is 198 cm³/mol. The fourth-order valence-electron chi connectivity index (χ4n) is 5.35. The van der Waals surface area contributed by atoms with Gasteiger partial charge in [0.2, 0.25) is 11.8 Å². The van der Waals surface area contributed by atoms with Crippen molar-refractivity contribution in [3.63, 3.8) is 0 Å². The quantitative estimate of drug-likeness (QED) is 0.145. The molecule has 10 nitrogen and oxygen atoms in total. The smallest absolute Gasteiger partial charge is 0.264 e. The maximum Gasteiger partial charge on any atom is 0.264 e. The first kappa shape index (κ1) is 38.3. The summed E-state index contributed by atoms with van der Waals surface area (Å²) < 4.78 is 47.2. The van der Waals surface area contributed by atoms with Gasteiger partial charge in [0.05, 0.1) is 31.4 Å². The summed E-state index contributed by atoms with van der Waals surface area (Å²) in [5, 5.41) is 3.04. The van der Waals surface area contributed by atoms with Gasteiger partial charge in [0.1, 0.15) is 18.3 Å². The van der Waals surface area contributed by atoms with Crippen LogP contribution in [0.25, 0.3) is 0 Å². The van der Waals surface area contributed by atoms with Crippen molar-refractivity contribution < 1.29 is 32.2 Å². The molecule has 0 bridgehead atoms. The molecule has 0 unspecified atom stereocenters. The van der Waals surface area contributed by atoms with Gasteiger partial charge in [-0.05, 0) is 87.4 Å². The number of methoxy groups -OCH3 is 2. The lowest BCUT2D eigenvalue weighted by Crippen LogP contribution is -2.56. The molecular weight excluding hydrogens is 722 g/mol.